The molecule has 2 N–H and O–H groups in total. The van der Waals surface area contributed by atoms with Crippen LogP contribution in [0.2, 0.25) is 0 Å². The van der Waals surface area contributed by atoms with E-state index in [1.807, 2.05) is 27.0 Å². The molecule has 1 atom stereocenters. The molecule has 108 valence electrons. The Balaban J connectivity index is 3.52. The molecule has 0 fully saturated rings. The van der Waals surface area contributed by atoms with Gasteiger partial charge in [-0.2, -0.15) is 0 Å². The van der Waals surface area contributed by atoms with Crippen LogP contribution in [0.1, 0.15) is 44.4 Å². The number of methoxy groups -OCH3 is 1. The molecule has 19 heavy (non-hydrogen) atoms. The van der Waals surface area contributed by atoms with Gasteiger partial charge >= 0.3 is 0 Å². The van der Waals surface area contributed by atoms with E-state index in [2.05, 4.69) is 32.2 Å². The average Bonchev–Trinajstić information content (AvgIpc) is 2.26. The molecule has 0 saturated carbocycles. The second kappa shape index (κ2) is 5.51. The zero-order valence-electron chi connectivity index (χ0n) is 13.2. The summed E-state index contributed by atoms with van der Waals surface area (Å²) < 4.78 is 5.60. The van der Waals surface area contributed by atoms with E-state index >= 15 is 0 Å². The fourth-order valence-corrected chi connectivity index (χ4v) is 2.39. The molecule has 0 aliphatic rings. The van der Waals surface area contributed by atoms with Crippen LogP contribution < -0.4 is 10.1 Å². The number of likely N-dealkylation sites (N-methyl/N-ethyl adjacent to an activating group) is 1. The average molecular weight is 265 g/mol. The predicted octanol–water partition coefficient (Wildman–Crippen LogP) is 2.73. The molecule has 1 unspecified atom stereocenters. The third-order valence-corrected chi connectivity index (χ3v) is 3.35. The Bertz CT molecular complexity index is 445. The molecule has 3 heteroatoms. The summed E-state index contributed by atoms with van der Waals surface area (Å²) in [4.78, 5) is 0. The summed E-state index contributed by atoms with van der Waals surface area (Å²) in [7, 11) is 3.50. The Morgan fingerprint density at radius 2 is 1.68 bits per heavy atom. The zero-order valence-corrected chi connectivity index (χ0v) is 13.2. The van der Waals surface area contributed by atoms with E-state index in [-0.39, 0.29) is 5.41 Å². The van der Waals surface area contributed by atoms with Gasteiger partial charge in [0.05, 0.1) is 7.11 Å². The number of aliphatic hydroxyl groups is 1. The number of rotatable bonds is 4. The highest BCUT2D eigenvalue weighted by Crippen LogP contribution is 2.39. The predicted molar refractivity (Wildman–Crippen MR) is 79.9 cm³/mol. The minimum absolute atomic E-state index is 0.0260. The molecule has 0 aliphatic heterocycles. The third-order valence-electron chi connectivity index (χ3n) is 3.35. The van der Waals surface area contributed by atoms with Crippen LogP contribution in [0, 0.1) is 6.92 Å². The highest BCUT2D eigenvalue weighted by Gasteiger charge is 2.30. The van der Waals surface area contributed by atoms with Crippen molar-refractivity contribution in [1.82, 2.24) is 5.32 Å². The van der Waals surface area contributed by atoms with E-state index in [0.717, 1.165) is 22.4 Å². The Hall–Kier alpha value is -1.06. The summed E-state index contributed by atoms with van der Waals surface area (Å²) in [5.41, 5.74) is 2.13. The van der Waals surface area contributed by atoms with Crippen LogP contribution in [0.25, 0.3) is 0 Å². The van der Waals surface area contributed by atoms with E-state index in [1.165, 1.54) is 0 Å². The monoisotopic (exact) mass is 265 g/mol. The molecule has 1 rings (SSSR count). The third kappa shape index (κ3) is 3.48. The van der Waals surface area contributed by atoms with Gasteiger partial charge in [-0.25, -0.2) is 0 Å². The summed E-state index contributed by atoms with van der Waals surface area (Å²) in [6.07, 6.45) is 0. The second-order valence-corrected chi connectivity index (χ2v) is 6.45. The van der Waals surface area contributed by atoms with Crippen LogP contribution in [-0.2, 0) is 11.0 Å². The Morgan fingerprint density at radius 1 is 1.16 bits per heavy atom. The van der Waals surface area contributed by atoms with Gasteiger partial charge in [-0.15, -0.1) is 0 Å². The lowest BCUT2D eigenvalue weighted by Crippen LogP contribution is -2.34. The maximum atomic E-state index is 10.7. The van der Waals surface area contributed by atoms with Gasteiger partial charge < -0.3 is 15.2 Å². The lowest BCUT2D eigenvalue weighted by molar-refractivity contribution is 0.0562. The van der Waals surface area contributed by atoms with Crippen molar-refractivity contribution in [2.24, 2.45) is 0 Å². The summed E-state index contributed by atoms with van der Waals surface area (Å²) in [5, 5.41) is 13.7. The molecule has 0 heterocycles. The summed E-state index contributed by atoms with van der Waals surface area (Å²) in [6.45, 7) is 10.8. The maximum absolute atomic E-state index is 10.7. The number of aryl methyl sites for hydroxylation is 1. The van der Waals surface area contributed by atoms with Gasteiger partial charge in [0.15, 0.2) is 0 Å². The Kier molecular flexibility index (Phi) is 4.64. The molecule has 0 bridgehead atoms. The molecular formula is C16H27NO2. The second-order valence-electron chi connectivity index (χ2n) is 6.45. The van der Waals surface area contributed by atoms with Crippen molar-refractivity contribution in [3.05, 3.63) is 28.8 Å². The molecular weight excluding hydrogens is 238 g/mol. The summed E-state index contributed by atoms with van der Waals surface area (Å²) in [6, 6.07) is 4.14. The smallest absolute Gasteiger partial charge is 0.128 e. The van der Waals surface area contributed by atoms with Crippen LogP contribution in [0.5, 0.6) is 5.75 Å². The van der Waals surface area contributed by atoms with Crippen molar-refractivity contribution in [1.29, 1.82) is 0 Å². The molecule has 0 radical (unpaired) electrons. The summed E-state index contributed by atoms with van der Waals surface area (Å²) >= 11 is 0. The largest absolute Gasteiger partial charge is 0.496 e. The number of benzene rings is 1. The Morgan fingerprint density at radius 3 is 2.11 bits per heavy atom. The molecule has 3 nitrogen and oxygen atoms in total. The first-order valence-corrected chi connectivity index (χ1v) is 6.70. The quantitative estimate of drug-likeness (QED) is 0.879. The lowest BCUT2D eigenvalue weighted by Gasteiger charge is -2.30. The topological polar surface area (TPSA) is 41.5 Å². The maximum Gasteiger partial charge on any atom is 0.128 e. The molecule has 0 aromatic heterocycles. The van der Waals surface area contributed by atoms with Crippen molar-refractivity contribution in [3.63, 3.8) is 0 Å². The van der Waals surface area contributed by atoms with Gasteiger partial charge in [-0.1, -0.05) is 32.4 Å². The SMILES string of the molecule is CNCC(C)(O)c1cc(C)cc(C(C)(C)C)c1OC. The van der Waals surface area contributed by atoms with Gasteiger partial charge in [0, 0.05) is 17.7 Å². The fraction of sp³-hybridized carbons (Fsp3) is 0.625. The molecule has 1 aromatic carbocycles. The Labute approximate surface area is 117 Å². The first kappa shape index (κ1) is 16.0. The standard InChI is InChI=1S/C16H27NO2/c1-11-8-12(15(2,3)4)14(19-7)13(9-11)16(5,18)10-17-6/h8-9,17-18H,10H2,1-7H3. The lowest BCUT2D eigenvalue weighted by atomic mass is 9.81. The molecule has 0 aliphatic carbocycles. The van der Waals surface area contributed by atoms with Crippen LogP contribution in [0.3, 0.4) is 0 Å². The van der Waals surface area contributed by atoms with E-state index in [0.29, 0.717) is 6.54 Å². The first-order chi connectivity index (χ1) is 8.63. The van der Waals surface area contributed by atoms with E-state index in [9.17, 15) is 5.11 Å². The van der Waals surface area contributed by atoms with Gasteiger partial charge in [-0.05, 0) is 32.4 Å². The van der Waals surface area contributed by atoms with Gasteiger partial charge in [0.1, 0.15) is 11.4 Å². The van der Waals surface area contributed by atoms with Crippen LogP contribution in [-0.4, -0.2) is 25.8 Å². The molecule has 0 spiro atoms. The van der Waals surface area contributed by atoms with Gasteiger partial charge in [0.2, 0.25) is 0 Å². The van der Waals surface area contributed by atoms with Crippen molar-refractivity contribution in [3.8, 4) is 5.75 Å². The molecule has 0 amide bonds. The van der Waals surface area contributed by atoms with E-state index < -0.39 is 5.60 Å². The number of hydrogen-bond donors (Lipinski definition) is 2. The number of ether oxygens (including phenoxy) is 1. The zero-order chi connectivity index (χ0) is 14.8. The normalized spacial score (nSPS) is 15.2. The van der Waals surface area contributed by atoms with Crippen LogP contribution in [0.15, 0.2) is 12.1 Å². The van der Waals surface area contributed by atoms with Crippen molar-refractivity contribution >= 4 is 0 Å². The highest BCUT2D eigenvalue weighted by molar-refractivity contribution is 5.50. The number of nitrogens with one attached hydrogen (secondary N) is 1. The fourth-order valence-electron chi connectivity index (χ4n) is 2.39. The van der Waals surface area contributed by atoms with Gasteiger partial charge in [-0.3, -0.25) is 0 Å². The number of hydrogen-bond acceptors (Lipinski definition) is 3. The minimum atomic E-state index is -0.952. The first-order valence-electron chi connectivity index (χ1n) is 6.70. The molecule has 0 saturated heterocycles. The van der Waals surface area contributed by atoms with E-state index in [4.69, 9.17) is 4.74 Å². The summed E-state index contributed by atoms with van der Waals surface area (Å²) in [5.74, 6) is 0.790. The molecule has 1 aromatic rings. The van der Waals surface area contributed by atoms with Crippen molar-refractivity contribution < 1.29 is 9.84 Å². The van der Waals surface area contributed by atoms with Gasteiger partial charge in [0.25, 0.3) is 0 Å². The van der Waals surface area contributed by atoms with E-state index in [1.54, 1.807) is 7.11 Å². The van der Waals surface area contributed by atoms with Crippen LogP contribution >= 0.6 is 0 Å². The highest BCUT2D eigenvalue weighted by atomic mass is 16.5. The van der Waals surface area contributed by atoms with Crippen LogP contribution in [0.4, 0.5) is 0 Å². The minimum Gasteiger partial charge on any atom is -0.496 e. The van der Waals surface area contributed by atoms with Crippen molar-refractivity contribution in [2.75, 3.05) is 20.7 Å². The van der Waals surface area contributed by atoms with Crippen molar-refractivity contribution in [2.45, 2.75) is 45.6 Å².